The van der Waals surface area contributed by atoms with Crippen LogP contribution in [0.3, 0.4) is 0 Å². The molecule has 1 atom stereocenters. The van der Waals surface area contributed by atoms with E-state index >= 15 is 0 Å². The van der Waals surface area contributed by atoms with Crippen LogP contribution in [-0.2, 0) is 13.1 Å². The van der Waals surface area contributed by atoms with Gasteiger partial charge in [0.2, 0.25) is 0 Å². The average Bonchev–Trinajstić information content (AvgIpc) is 2.93. The lowest BCUT2D eigenvalue weighted by Crippen LogP contribution is -2.33. The zero-order valence-corrected chi connectivity index (χ0v) is 11.9. The van der Waals surface area contributed by atoms with Crippen LogP contribution in [0.2, 0.25) is 0 Å². The zero-order valence-electron chi connectivity index (χ0n) is 11.9. The third-order valence-corrected chi connectivity index (χ3v) is 3.89. The van der Waals surface area contributed by atoms with Crippen LogP contribution >= 0.6 is 0 Å². The van der Waals surface area contributed by atoms with E-state index in [4.69, 9.17) is 0 Å². The van der Waals surface area contributed by atoms with Gasteiger partial charge in [0.25, 0.3) is 5.56 Å². The van der Waals surface area contributed by atoms with Crippen molar-refractivity contribution in [1.29, 1.82) is 0 Å². The topological polar surface area (TPSA) is 33.4 Å². The van der Waals surface area contributed by atoms with E-state index in [1.165, 1.54) is 0 Å². The molecule has 1 saturated heterocycles. The fourth-order valence-corrected chi connectivity index (χ4v) is 2.70. The minimum Gasteiger partial charge on any atom is -0.364 e. The van der Waals surface area contributed by atoms with E-state index in [-0.39, 0.29) is 5.56 Å². The highest BCUT2D eigenvalue weighted by atomic mass is 16.1. The molecule has 18 heavy (non-hydrogen) atoms. The summed E-state index contributed by atoms with van der Waals surface area (Å²) in [5, 5.41) is 0. The summed E-state index contributed by atoms with van der Waals surface area (Å²) in [6.07, 6.45) is 3.14. The Hall–Kier alpha value is -1.23. The molecule has 0 saturated carbocycles. The first kappa shape index (κ1) is 13.2. The summed E-state index contributed by atoms with van der Waals surface area (Å²) in [6.45, 7) is 7.60. The number of rotatable bonds is 4. The summed E-state index contributed by atoms with van der Waals surface area (Å²) in [5.41, 5.74) is 1.02. The van der Waals surface area contributed by atoms with E-state index in [1.807, 2.05) is 22.5 Å². The van der Waals surface area contributed by atoms with Crippen LogP contribution < -0.4 is 10.5 Å². The van der Waals surface area contributed by atoms with Crippen molar-refractivity contribution in [3.05, 3.63) is 16.6 Å². The fraction of sp³-hybridized carbons (Fsp3) is 0.769. The Balaban J connectivity index is 2.25. The maximum absolute atomic E-state index is 12.3. The number of aromatic nitrogens is 2. The number of aryl methyl sites for hydroxylation is 1. The van der Waals surface area contributed by atoms with E-state index in [1.54, 1.807) is 0 Å². The van der Waals surface area contributed by atoms with Gasteiger partial charge in [-0.2, -0.15) is 0 Å². The van der Waals surface area contributed by atoms with Crippen LogP contribution in [0.25, 0.3) is 0 Å². The quantitative estimate of drug-likeness (QED) is 0.796. The average molecular weight is 252 g/mol. The first-order valence-corrected chi connectivity index (χ1v) is 6.80. The molecule has 1 aromatic heterocycles. The lowest BCUT2D eigenvalue weighted by atomic mass is 10.2. The maximum Gasteiger partial charge on any atom is 0.290 e. The molecule has 1 aliphatic rings. The molecule has 1 unspecified atom stereocenters. The molecule has 2 heterocycles. The molecule has 1 aliphatic heterocycles. The second kappa shape index (κ2) is 5.18. The first-order valence-electron chi connectivity index (χ1n) is 6.80. The molecular weight excluding hydrogens is 228 g/mol. The smallest absolute Gasteiger partial charge is 0.290 e. The summed E-state index contributed by atoms with van der Waals surface area (Å²) in [5.74, 6) is 0. The molecular formula is C13H24N4O. The molecule has 0 spiro atoms. The predicted octanol–water partition coefficient (Wildman–Crippen LogP) is 0.830. The van der Waals surface area contributed by atoms with Crippen LogP contribution in [0.4, 0.5) is 5.69 Å². The lowest BCUT2D eigenvalue weighted by Gasteiger charge is -2.20. The summed E-state index contributed by atoms with van der Waals surface area (Å²) >= 11 is 0. The highest BCUT2D eigenvalue weighted by molar-refractivity contribution is 5.44. The number of hydrogen-bond donors (Lipinski definition) is 0. The van der Waals surface area contributed by atoms with Gasteiger partial charge in [-0.25, -0.2) is 4.68 Å². The van der Waals surface area contributed by atoms with Crippen molar-refractivity contribution < 1.29 is 0 Å². The molecule has 5 heteroatoms. The number of anilines is 1. The molecule has 102 valence electrons. The van der Waals surface area contributed by atoms with E-state index in [0.29, 0.717) is 6.04 Å². The highest BCUT2D eigenvalue weighted by Gasteiger charge is 2.27. The molecule has 5 nitrogen and oxygen atoms in total. The van der Waals surface area contributed by atoms with Gasteiger partial charge in [0.05, 0.1) is 6.20 Å². The Morgan fingerprint density at radius 1 is 1.33 bits per heavy atom. The largest absolute Gasteiger partial charge is 0.364 e. The predicted molar refractivity (Wildman–Crippen MR) is 74.3 cm³/mol. The van der Waals surface area contributed by atoms with E-state index in [9.17, 15) is 4.79 Å². The second-order valence-corrected chi connectivity index (χ2v) is 5.14. The number of hydrogen-bond acceptors (Lipinski definition) is 3. The van der Waals surface area contributed by atoms with Gasteiger partial charge >= 0.3 is 0 Å². The van der Waals surface area contributed by atoms with Crippen LogP contribution in [0.1, 0.15) is 20.3 Å². The normalized spacial score (nSPS) is 20.1. The van der Waals surface area contributed by atoms with Gasteiger partial charge in [-0.15, -0.1) is 0 Å². The van der Waals surface area contributed by atoms with Gasteiger partial charge < -0.3 is 9.80 Å². The summed E-state index contributed by atoms with van der Waals surface area (Å²) in [6, 6.07) is 0.560. The summed E-state index contributed by atoms with van der Waals surface area (Å²) in [4.78, 5) is 16.8. The van der Waals surface area contributed by atoms with Crippen molar-refractivity contribution in [2.75, 3.05) is 32.1 Å². The van der Waals surface area contributed by atoms with Crippen molar-refractivity contribution >= 4 is 5.69 Å². The second-order valence-electron chi connectivity index (χ2n) is 5.14. The van der Waals surface area contributed by atoms with E-state index in [2.05, 4.69) is 30.8 Å². The van der Waals surface area contributed by atoms with E-state index in [0.717, 1.165) is 38.3 Å². The first-order chi connectivity index (χ1) is 8.58. The van der Waals surface area contributed by atoms with Gasteiger partial charge in [0.15, 0.2) is 0 Å². The van der Waals surface area contributed by atoms with E-state index < -0.39 is 0 Å². The zero-order chi connectivity index (χ0) is 13.3. The Morgan fingerprint density at radius 2 is 2.06 bits per heavy atom. The van der Waals surface area contributed by atoms with Gasteiger partial charge in [-0.05, 0) is 34.4 Å². The van der Waals surface area contributed by atoms with Gasteiger partial charge in [-0.1, -0.05) is 0 Å². The van der Waals surface area contributed by atoms with Crippen LogP contribution in [0.15, 0.2) is 11.0 Å². The minimum atomic E-state index is 0.152. The van der Waals surface area contributed by atoms with Crippen molar-refractivity contribution in [2.45, 2.75) is 39.4 Å². The number of nitrogens with zero attached hydrogens (tertiary/aromatic N) is 4. The Labute approximate surface area is 109 Å². The number of likely N-dealkylation sites (N-methyl/N-ethyl adjacent to an activating group) is 1. The molecule has 2 rings (SSSR count). The van der Waals surface area contributed by atoms with Gasteiger partial charge in [0, 0.05) is 32.2 Å². The monoisotopic (exact) mass is 252 g/mol. The maximum atomic E-state index is 12.3. The Kier molecular flexibility index (Phi) is 3.80. The SMILES string of the molecule is CCn1cc(N2CCC(N(C)C)C2)c(=O)n1CC. The Morgan fingerprint density at radius 3 is 2.50 bits per heavy atom. The Bertz CT molecular complexity index is 460. The third-order valence-electron chi connectivity index (χ3n) is 3.89. The van der Waals surface area contributed by atoms with Crippen LogP contribution in [0, 0.1) is 0 Å². The van der Waals surface area contributed by atoms with Gasteiger partial charge in [-0.3, -0.25) is 9.48 Å². The third kappa shape index (κ3) is 2.19. The molecule has 0 aliphatic carbocycles. The highest BCUT2D eigenvalue weighted by Crippen LogP contribution is 2.19. The molecule has 1 fully saturated rings. The van der Waals surface area contributed by atoms with Gasteiger partial charge in [0.1, 0.15) is 5.69 Å². The van der Waals surface area contributed by atoms with Crippen molar-refractivity contribution in [3.8, 4) is 0 Å². The van der Waals surface area contributed by atoms with Crippen molar-refractivity contribution in [2.24, 2.45) is 0 Å². The molecule has 0 N–H and O–H groups in total. The molecule has 0 bridgehead atoms. The summed E-state index contributed by atoms with van der Waals surface area (Å²) < 4.78 is 3.83. The molecule has 0 aromatic carbocycles. The van der Waals surface area contributed by atoms with Crippen molar-refractivity contribution in [1.82, 2.24) is 14.3 Å². The molecule has 0 amide bonds. The van der Waals surface area contributed by atoms with Crippen molar-refractivity contribution in [3.63, 3.8) is 0 Å². The summed E-state index contributed by atoms with van der Waals surface area (Å²) in [7, 11) is 4.21. The molecule has 0 radical (unpaired) electrons. The minimum absolute atomic E-state index is 0.152. The standard InChI is InChI=1S/C13H24N4O/c1-5-16-10-12(13(18)17(16)6-2)15-8-7-11(9-15)14(3)4/h10-11H,5-9H2,1-4H3. The molecule has 1 aromatic rings. The lowest BCUT2D eigenvalue weighted by molar-refractivity contribution is 0.315. The fourth-order valence-electron chi connectivity index (χ4n) is 2.70. The van der Waals surface area contributed by atoms with Crippen LogP contribution in [-0.4, -0.2) is 47.5 Å². The van der Waals surface area contributed by atoms with Crippen LogP contribution in [0.5, 0.6) is 0 Å².